The lowest BCUT2D eigenvalue weighted by Gasteiger charge is -2.17. The predicted octanol–water partition coefficient (Wildman–Crippen LogP) is 3.49. The average molecular weight is 379 g/mol. The number of nitrogens with zero attached hydrogens (tertiary/aromatic N) is 2. The standard InChI is InChI=1S/C15H17F3N4O2.ClH/c1-3-8(2)11(19)13(23)20-10-6-4-9(5-7-10)12-21-14(24-22-12)15(16,17)18;/h4-8,11H,3,19H2,1-2H3,(H,20,23);1H. The van der Waals surface area contributed by atoms with E-state index >= 15 is 0 Å². The van der Waals surface area contributed by atoms with E-state index in [4.69, 9.17) is 5.73 Å². The van der Waals surface area contributed by atoms with Gasteiger partial charge in [0.1, 0.15) is 0 Å². The minimum Gasteiger partial charge on any atom is -0.329 e. The van der Waals surface area contributed by atoms with Crippen LogP contribution in [0.4, 0.5) is 18.9 Å². The molecular formula is C15H18ClF3N4O2. The molecule has 0 aliphatic heterocycles. The SMILES string of the molecule is CCC(C)C(N)C(=O)Nc1ccc(-c2noc(C(F)(F)F)n2)cc1.Cl. The van der Waals surface area contributed by atoms with E-state index in [2.05, 4.69) is 20.0 Å². The van der Waals surface area contributed by atoms with Gasteiger partial charge in [0, 0.05) is 11.3 Å². The highest BCUT2D eigenvalue weighted by Crippen LogP contribution is 2.29. The molecule has 0 saturated carbocycles. The van der Waals surface area contributed by atoms with Gasteiger partial charge in [-0.05, 0) is 30.2 Å². The highest BCUT2D eigenvalue weighted by molar-refractivity contribution is 5.95. The van der Waals surface area contributed by atoms with Gasteiger partial charge in [0.25, 0.3) is 0 Å². The molecule has 2 atom stereocenters. The van der Waals surface area contributed by atoms with Gasteiger partial charge < -0.3 is 15.6 Å². The van der Waals surface area contributed by atoms with E-state index in [-0.39, 0.29) is 30.1 Å². The van der Waals surface area contributed by atoms with Crippen LogP contribution < -0.4 is 11.1 Å². The van der Waals surface area contributed by atoms with Gasteiger partial charge in [-0.1, -0.05) is 25.4 Å². The van der Waals surface area contributed by atoms with E-state index in [0.717, 1.165) is 6.42 Å². The third kappa shape index (κ3) is 5.17. The zero-order chi connectivity index (χ0) is 17.9. The van der Waals surface area contributed by atoms with E-state index < -0.39 is 18.1 Å². The summed E-state index contributed by atoms with van der Waals surface area (Å²) in [5, 5.41) is 5.95. The van der Waals surface area contributed by atoms with Gasteiger partial charge in [0.05, 0.1) is 6.04 Å². The summed E-state index contributed by atoms with van der Waals surface area (Å²) in [6.07, 6.45) is -3.92. The summed E-state index contributed by atoms with van der Waals surface area (Å²) < 4.78 is 41.5. The van der Waals surface area contributed by atoms with Crippen LogP contribution in [0.5, 0.6) is 0 Å². The van der Waals surface area contributed by atoms with Crippen LogP contribution in [0.25, 0.3) is 11.4 Å². The minimum absolute atomic E-state index is 0. The largest absolute Gasteiger partial charge is 0.471 e. The van der Waals surface area contributed by atoms with Gasteiger partial charge in [0.2, 0.25) is 11.7 Å². The molecule has 1 amide bonds. The zero-order valence-electron chi connectivity index (χ0n) is 13.5. The number of nitrogens with one attached hydrogen (secondary N) is 1. The molecule has 3 N–H and O–H groups in total. The highest BCUT2D eigenvalue weighted by Gasteiger charge is 2.38. The Labute approximate surface area is 148 Å². The molecule has 0 spiro atoms. The normalized spacial score (nSPS) is 13.7. The number of anilines is 1. The first-order valence-corrected chi connectivity index (χ1v) is 7.30. The van der Waals surface area contributed by atoms with E-state index in [0.29, 0.717) is 11.3 Å². The van der Waals surface area contributed by atoms with Crippen molar-refractivity contribution < 1.29 is 22.5 Å². The molecule has 1 aromatic heterocycles. The molecule has 10 heteroatoms. The van der Waals surface area contributed by atoms with Crippen molar-refractivity contribution in [1.82, 2.24) is 10.1 Å². The number of hydrogen-bond acceptors (Lipinski definition) is 5. The molecule has 2 aromatic rings. The Bertz CT molecular complexity index is 704. The summed E-state index contributed by atoms with van der Waals surface area (Å²) in [6, 6.07) is 5.38. The van der Waals surface area contributed by atoms with Gasteiger partial charge in [-0.25, -0.2) is 0 Å². The molecule has 0 fully saturated rings. The number of carbonyl (C=O) groups excluding carboxylic acids is 1. The summed E-state index contributed by atoms with van der Waals surface area (Å²) in [7, 11) is 0. The first-order valence-electron chi connectivity index (χ1n) is 7.30. The Balaban J connectivity index is 0.00000312. The van der Waals surface area contributed by atoms with Crippen molar-refractivity contribution in [1.29, 1.82) is 0 Å². The lowest BCUT2D eigenvalue weighted by molar-refractivity contribution is -0.159. The van der Waals surface area contributed by atoms with Crippen LogP contribution in [0.1, 0.15) is 26.2 Å². The first kappa shape index (κ1) is 20.9. The molecule has 2 rings (SSSR count). The summed E-state index contributed by atoms with van der Waals surface area (Å²) in [6.45, 7) is 3.81. The van der Waals surface area contributed by atoms with Crippen LogP contribution in [-0.4, -0.2) is 22.1 Å². The summed E-state index contributed by atoms with van der Waals surface area (Å²) in [5.74, 6) is -1.88. The van der Waals surface area contributed by atoms with Crippen molar-refractivity contribution in [3.05, 3.63) is 30.2 Å². The molecule has 2 unspecified atom stereocenters. The fourth-order valence-corrected chi connectivity index (χ4v) is 1.90. The van der Waals surface area contributed by atoms with Gasteiger partial charge in [-0.3, -0.25) is 4.79 Å². The van der Waals surface area contributed by atoms with Gasteiger partial charge in [-0.15, -0.1) is 12.4 Å². The lowest BCUT2D eigenvalue weighted by Crippen LogP contribution is -2.40. The van der Waals surface area contributed by atoms with Crippen molar-refractivity contribution in [2.45, 2.75) is 32.5 Å². The van der Waals surface area contributed by atoms with Crippen LogP contribution in [0.3, 0.4) is 0 Å². The number of carbonyl (C=O) groups is 1. The van der Waals surface area contributed by atoms with Gasteiger partial charge in [0.15, 0.2) is 0 Å². The quantitative estimate of drug-likeness (QED) is 0.830. The van der Waals surface area contributed by atoms with Crippen molar-refractivity contribution in [2.24, 2.45) is 11.7 Å². The zero-order valence-corrected chi connectivity index (χ0v) is 14.3. The smallest absolute Gasteiger partial charge is 0.329 e. The second-order valence-corrected chi connectivity index (χ2v) is 5.40. The predicted molar refractivity (Wildman–Crippen MR) is 88.0 cm³/mol. The summed E-state index contributed by atoms with van der Waals surface area (Å²) in [5.41, 5.74) is 6.64. The Morgan fingerprint density at radius 2 is 1.92 bits per heavy atom. The number of aromatic nitrogens is 2. The Kier molecular flexibility index (Phi) is 6.95. The van der Waals surface area contributed by atoms with Crippen molar-refractivity contribution in [3.8, 4) is 11.4 Å². The van der Waals surface area contributed by atoms with Crippen LogP contribution >= 0.6 is 12.4 Å². The molecule has 0 aliphatic carbocycles. The Morgan fingerprint density at radius 1 is 1.32 bits per heavy atom. The maximum Gasteiger partial charge on any atom is 0.471 e. The third-order valence-corrected chi connectivity index (χ3v) is 3.64. The topological polar surface area (TPSA) is 94.0 Å². The molecule has 6 nitrogen and oxygen atoms in total. The number of alkyl halides is 3. The van der Waals surface area contributed by atoms with Gasteiger partial charge in [-0.2, -0.15) is 18.2 Å². The van der Waals surface area contributed by atoms with Crippen LogP contribution in [-0.2, 0) is 11.0 Å². The fraction of sp³-hybridized carbons (Fsp3) is 0.400. The minimum atomic E-state index is -4.69. The molecule has 0 aliphatic rings. The Hall–Kier alpha value is -2.13. The van der Waals surface area contributed by atoms with Crippen molar-refractivity contribution >= 4 is 24.0 Å². The van der Waals surface area contributed by atoms with E-state index in [1.165, 1.54) is 24.3 Å². The summed E-state index contributed by atoms with van der Waals surface area (Å²) in [4.78, 5) is 15.3. The number of rotatable bonds is 5. The first-order chi connectivity index (χ1) is 11.2. The number of amides is 1. The lowest BCUT2D eigenvalue weighted by atomic mass is 9.99. The molecule has 0 saturated heterocycles. The summed E-state index contributed by atoms with van der Waals surface area (Å²) >= 11 is 0. The number of benzene rings is 1. The number of nitrogens with two attached hydrogens (primary N) is 1. The monoisotopic (exact) mass is 378 g/mol. The Morgan fingerprint density at radius 3 is 2.40 bits per heavy atom. The van der Waals surface area contributed by atoms with E-state index in [1.54, 1.807) is 0 Å². The van der Waals surface area contributed by atoms with Crippen LogP contribution in [0.2, 0.25) is 0 Å². The van der Waals surface area contributed by atoms with Gasteiger partial charge >= 0.3 is 12.1 Å². The second-order valence-electron chi connectivity index (χ2n) is 5.40. The highest BCUT2D eigenvalue weighted by atomic mass is 35.5. The van der Waals surface area contributed by atoms with Crippen molar-refractivity contribution in [3.63, 3.8) is 0 Å². The molecule has 138 valence electrons. The maximum atomic E-state index is 12.4. The third-order valence-electron chi connectivity index (χ3n) is 3.64. The van der Waals surface area contributed by atoms with Crippen molar-refractivity contribution in [2.75, 3.05) is 5.32 Å². The maximum absolute atomic E-state index is 12.4. The van der Waals surface area contributed by atoms with E-state index in [1.807, 2.05) is 13.8 Å². The fourth-order valence-electron chi connectivity index (χ4n) is 1.90. The molecule has 1 aromatic carbocycles. The number of halogens is 4. The molecular weight excluding hydrogens is 361 g/mol. The second kappa shape index (κ2) is 8.30. The molecule has 0 radical (unpaired) electrons. The van der Waals surface area contributed by atoms with E-state index in [9.17, 15) is 18.0 Å². The number of hydrogen-bond donors (Lipinski definition) is 2. The van der Waals surface area contributed by atoms with Crippen LogP contribution in [0, 0.1) is 5.92 Å². The molecule has 25 heavy (non-hydrogen) atoms. The average Bonchev–Trinajstić information content (AvgIpc) is 3.04. The van der Waals surface area contributed by atoms with Crippen LogP contribution in [0.15, 0.2) is 28.8 Å². The molecule has 1 heterocycles. The molecule has 0 bridgehead atoms.